The highest BCUT2D eigenvalue weighted by molar-refractivity contribution is 5.81. The molecule has 6 nitrogen and oxygen atoms in total. The number of hydrogen-bond acceptors (Lipinski definition) is 4. The van der Waals surface area contributed by atoms with Gasteiger partial charge in [0.1, 0.15) is 11.6 Å². The summed E-state index contributed by atoms with van der Waals surface area (Å²) in [5.41, 5.74) is 3.49. The van der Waals surface area contributed by atoms with E-state index in [1.165, 1.54) is 6.07 Å². The summed E-state index contributed by atoms with van der Waals surface area (Å²) < 4.78 is 27.1. The number of ether oxygens (including phenoxy) is 2. The minimum Gasteiger partial charge on any atom is -0.454 e. The van der Waals surface area contributed by atoms with Crippen LogP contribution < -0.4 is 9.47 Å². The summed E-state index contributed by atoms with van der Waals surface area (Å²) in [4.78, 5) is 19.7. The molecule has 7 heteroatoms. The summed E-state index contributed by atoms with van der Waals surface area (Å²) in [6.45, 7) is 1.52. The molecule has 172 valence electrons. The number of carbonyl (C=O) groups is 1. The number of hydrogen-bond donors (Lipinski definition) is 0. The Morgan fingerprint density at radius 3 is 2.59 bits per heavy atom. The third-order valence-corrected chi connectivity index (χ3v) is 6.66. The molecular weight excluding hydrogens is 433 g/mol. The number of imidazole rings is 1. The van der Waals surface area contributed by atoms with Crippen molar-refractivity contribution in [1.29, 1.82) is 0 Å². The average Bonchev–Trinajstić information content (AvgIpc) is 3.48. The molecule has 6 rings (SSSR count). The van der Waals surface area contributed by atoms with Gasteiger partial charge in [0.15, 0.2) is 11.5 Å². The Labute approximate surface area is 196 Å². The molecule has 0 spiro atoms. The van der Waals surface area contributed by atoms with Crippen LogP contribution in [0.1, 0.15) is 24.4 Å². The summed E-state index contributed by atoms with van der Waals surface area (Å²) in [5, 5.41) is 0. The van der Waals surface area contributed by atoms with E-state index in [0.29, 0.717) is 25.3 Å². The van der Waals surface area contributed by atoms with Crippen LogP contribution in [0.15, 0.2) is 66.7 Å². The Morgan fingerprint density at radius 2 is 1.76 bits per heavy atom. The van der Waals surface area contributed by atoms with E-state index in [2.05, 4.69) is 4.57 Å². The lowest BCUT2D eigenvalue weighted by molar-refractivity contribution is -0.131. The van der Waals surface area contributed by atoms with E-state index in [-0.39, 0.29) is 24.6 Å². The zero-order chi connectivity index (χ0) is 23.1. The topological polar surface area (TPSA) is 56.6 Å². The fraction of sp³-hybridized carbons (Fsp3) is 0.259. The molecule has 1 fully saturated rings. The van der Waals surface area contributed by atoms with Gasteiger partial charge in [0.25, 0.3) is 0 Å². The van der Waals surface area contributed by atoms with Crippen molar-refractivity contribution in [2.45, 2.75) is 25.3 Å². The molecular formula is C27H24FN3O3. The number of likely N-dealkylation sites (tertiary alicyclic amines) is 1. The minimum atomic E-state index is -0.274. The maximum Gasteiger partial charge on any atom is 0.231 e. The molecule has 2 aliphatic heterocycles. The largest absolute Gasteiger partial charge is 0.454 e. The van der Waals surface area contributed by atoms with E-state index in [1.54, 1.807) is 12.1 Å². The molecule has 0 radical (unpaired) electrons. The second kappa shape index (κ2) is 8.48. The number of aromatic nitrogens is 2. The highest BCUT2D eigenvalue weighted by atomic mass is 19.1. The summed E-state index contributed by atoms with van der Waals surface area (Å²) in [6.07, 6.45) is 1.90. The van der Waals surface area contributed by atoms with Crippen molar-refractivity contribution < 1.29 is 18.7 Å². The highest BCUT2D eigenvalue weighted by Crippen LogP contribution is 2.35. The third-order valence-electron chi connectivity index (χ3n) is 6.66. The van der Waals surface area contributed by atoms with Crippen molar-refractivity contribution in [2.75, 3.05) is 19.9 Å². The van der Waals surface area contributed by atoms with Gasteiger partial charge in [0, 0.05) is 24.7 Å². The van der Waals surface area contributed by atoms with Gasteiger partial charge < -0.3 is 18.9 Å². The smallest absolute Gasteiger partial charge is 0.231 e. The van der Waals surface area contributed by atoms with Gasteiger partial charge in [0.05, 0.1) is 17.5 Å². The maximum absolute atomic E-state index is 14.1. The zero-order valence-corrected chi connectivity index (χ0v) is 18.6. The van der Waals surface area contributed by atoms with Gasteiger partial charge in [-0.15, -0.1) is 0 Å². The van der Waals surface area contributed by atoms with E-state index < -0.39 is 0 Å². The summed E-state index contributed by atoms with van der Waals surface area (Å²) >= 11 is 0. The average molecular weight is 458 g/mol. The van der Waals surface area contributed by atoms with Crippen LogP contribution in [0.2, 0.25) is 0 Å². The van der Waals surface area contributed by atoms with E-state index in [9.17, 15) is 9.18 Å². The second-order valence-corrected chi connectivity index (χ2v) is 8.78. The predicted octanol–water partition coefficient (Wildman–Crippen LogP) is 4.98. The van der Waals surface area contributed by atoms with Crippen molar-refractivity contribution >= 4 is 16.9 Å². The minimum absolute atomic E-state index is 0.0992. The molecule has 0 bridgehead atoms. The van der Waals surface area contributed by atoms with Crippen LogP contribution in [0.4, 0.5) is 4.39 Å². The summed E-state index contributed by atoms with van der Waals surface area (Å²) in [6, 6.07) is 20.5. The third kappa shape index (κ3) is 3.77. The molecule has 0 unspecified atom stereocenters. The maximum atomic E-state index is 14.1. The second-order valence-electron chi connectivity index (χ2n) is 8.78. The van der Waals surface area contributed by atoms with Crippen molar-refractivity contribution in [3.05, 3.63) is 78.1 Å². The number of fused-ring (bicyclic) bond motifs is 2. The van der Waals surface area contributed by atoms with Crippen molar-refractivity contribution in [3.8, 4) is 22.9 Å². The van der Waals surface area contributed by atoms with Gasteiger partial charge in [-0.1, -0.05) is 36.4 Å². The van der Waals surface area contributed by atoms with E-state index in [4.69, 9.17) is 14.5 Å². The molecule has 3 aromatic carbocycles. The Balaban J connectivity index is 1.22. The molecule has 0 saturated carbocycles. The Kier molecular flexibility index (Phi) is 5.17. The molecule has 1 amide bonds. The highest BCUT2D eigenvalue weighted by Gasteiger charge is 2.27. The van der Waals surface area contributed by atoms with Crippen molar-refractivity contribution in [3.63, 3.8) is 0 Å². The molecule has 0 atom stereocenters. The number of nitrogens with zero attached hydrogens (tertiary/aromatic N) is 3. The van der Waals surface area contributed by atoms with Crippen LogP contribution in [-0.4, -0.2) is 40.2 Å². The first-order valence-electron chi connectivity index (χ1n) is 11.5. The van der Waals surface area contributed by atoms with E-state index in [1.807, 2.05) is 53.4 Å². The van der Waals surface area contributed by atoms with Gasteiger partial charge in [-0.2, -0.15) is 0 Å². The van der Waals surface area contributed by atoms with Gasteiger partial charge in [-0.3, -0.25) is 4.79 Å². The fourth-order valence-electron chi connectivity index (χ4n) is 4.94. The number of piperidine rings is 1. The first kappa shape index (κ1) is 20.7. The lowest BCUT2D eigenvalue weighted by Gasteiger charge is -2.34. The number of carbonyl (C=O) groups excluding carboxylic acids is 1. The van der Waals surface area contributed by atoms with Crippen LogP contribution in [0, 0.1) is 5.82 Å². The van der Waals surface area contributed by atoms with Crippen LogP contribution in [0.25, 0.3) is 22.4 Å². The Hall–Kier alpha value is -3.87. The van der Waals surface area contributed by atoms with Gasteiger partial charge in [-0.05, 0) is 48.7 Å². The molecule has 1 saturated heterocycles. The Bertz CT molecular complexity index is 1360. The van der Waals surface area contributed by atoms with Crippen molar-refractivity contribution in [2.24, 2.45) is 0 Å². The number of amides is 1. The van der Waals surface area contributed by atoms with Crippen LogP contribution in [0.3, 0.4) is 0 Å². The first-order valence-corrected chi connectivity index (χ1v) is 11.5. The number of halogens is 1. The summed E-state index contributed by atoms with van der Waals surface area (Å²) in [7, 11) is 0. The summed E-state index contributed by atoms with van der Waals surface area (Å²) in [5.74, 6) is 2.07. The van der Waals surface area contributed by atoms with Crippen LogP contribution in [-0.2, 0) is 11.2 Å². The molecule has 3 heterocycles. The number of benzene rings is 3. The molecule has 0 N–H and O–H groups in total. The van der Waals surface area contributed by atoms with Crippen molar-refractivity contribution in [1.82, 2.24) is 14.5 Å². The van der Waals surface area contributed by atoms with Gasteiger partial charge in [-0.25, -0.2) is 9.37 Å². The number of rotatable bonds is 4. The lowest BCUT2D eigenvalue weighted by Crippen LogP contribution is -2.40. The first-order chi connectivity index (χ1) is 16.7. The lowest BCUT2D eigenvalue weighted by atomic mass is 10.0. The SMILES string of the molecule is O=C(Cc1ccc2c(c1)OCO2)N1CCC(n2c(-c3ccccc3)nc3ccc(F)cc32)CC1. The predicted molar refractivity (Wildman–Crippen MR) is 126 cm³/mol. The molecule has 34 heavy (non-hydrogen) atoms. The normalized spacial score (nSPS) is 15.7. The standard InChI is InChI=1S/C27H24FN3O3/c28-20-7-8-22-23(16-20)31(27(29-22)19-4-2-1-3-5-19)21-10-12-30(13-11-21)26(32)15-18-6-9-24-25(14-18)34-17-33-24/h1-9,14,16,21H,10-13,15,17H2. The molecule has 0 aliphatic carbocycles. The van der Waals surface area contributed by atoms with Gasteiger partial charge in [0.2, 0.25) is 12.7 Å². The van der Waals surface area contributed by atoms with Crippen LogP contribution >= 0.6 is 0 Å². The molecule has 1 aromatic heterocycles. The quantitative estimate of drug-likeness (QED) is 0.434. The fourth-order valence-corrected chi connectivity index (χ4v) is 4.94. The molecule has 4 aromatic rings. The molecule has 2 aliphatic rings. The van der Waals surface area contributed by atoms with E-state index in [0.717, 1.165) is 46.6 Å². The van der Waals surface area contributed by atoms with Gasteiger partial charge >= 0.3 is 0 Å². The zero-order valence-electron chi connectivity index (χ0n) is 18.6. The Morgan fingerprint density at radius 1 is 0.971 bits per heavy atom. The monoisotopic (exact) mass is 457 g/mol. The van der Waals surface area contributed by atoms with Crippen LogP contribution in [0.5, 0.6) is 11.5 Å². The van der Waals surface area contributed by atoms with E-state index >= 15 is 0 Å².